The van der Waals surface area contributed by atoms with Gasteiger partial charge in [-0.05, 0) is 0 Å². The van der Waals surface area contributed by atoms with E-state index in [1.807, 2.05) is 0 Å². The predicted octanol–water partition coefficient (Wildman–Crippen LogP) is 1.33. The van der Waals surface area contributed by atoms with E-state index < -0.39 is 5.92 Å². The number of ketones is 1. The van der Waals surface area contributed by atoms with E-state index in [4.69, 9.17) is 10.2 Å². The van der Waals surface area contributed by atoms with Gasteiger partial charge >= 0.3 is 0 Å². The molecule has 0 saturated carbocycles. The Balaban J connectivity index is 0. The van der Waals surface area contributed by atoms with Crippen LogP contribution in [-0.4, -0.2) is 16.0 Å². The van der Waals surface area contributed by atoms with E-state index in [-0.39, 0.29) is 71.4 Å². The molecule has 71 valence electrons. The quantitative estimate of drug-likeness (QED) is 0.621. The van der Waals surface area contributed by atoms with Crippen LogP contribution in [0.15, 0.2) is 11.8 Å². The van der Waals surface area contributed by atoms with Crippen LogP contribution in [0.1, 0.15) is 19.8 Å². The molecule has 5 heteroatoms. The minimum Gasteiger partial charge on any atom is -0.562 e. The van der Waals surface area contributed by atoms with Gasteiger partial charge in [0.15, 0.2) is 0 Å². The Morgan fingerprint density at radius 1 is 1.62 bits per heavy atom. The fraction of sp³-hybridized carbons (Fsp3) is 0.500. The van der Waals surface area contributed by atoms with Gasteiger partial charge < -0.3 is 10.2 Å². The first-order valence-corrected chi connectivity index (χ1v) is 3.57. The molecule has 2 N–H and O–H groups in total. The van der Waals surface area contributed by atoms with Crippen molar-refractivity contribution in [3.63, 3.8) is 0 Å². The topological polar surface area (TPSA) is 57.5 Å². The van der Waals surface area contributed by atoms with Crippen LogP contribution in [0, 0.1) is 12.0 Å². The minimum absolute atomic E-state index is 0. The first kappa shape index (κ1) is 16.4. The fourth-order valence-corrected chi connectivity index (χ4v) is 1.19. The number of rotatable bonds is 1. The van der Waals surface area contributed by atoms with Crippen molar-refractivity contribution in [1.82, 2.24) is 0 Å². The van der Waals surface area contributed by atoms with Gasteiger partial charge in [-0.1, -0.05) is 12.3 Å². The number of allylic oxidation sites excluding steroid dienone is 2. The van der Waals surface area contributed by atoms with E-state index in [2.05, 4.69) is 0 Å². The Labute approximate surface area is 117 Å². The average molecular weight is 428 g/mol. The summed E-state index contributed by atoms with van der Waals surface area (Å²) in [5.74, 6) is -0.479. The molecule has 13 heavy (non-hydrogen) atoms. The zero-order valence-corrected chi connectivity index (χ0v) is 13.1. The molecule has 1 radical (unpaired) electrons. The standard InChI is InChI=1S/C8H11O3.W.Y/c1-5(9)7-3-2-6(10)4-8(7)11;;/h4,7,9-10H,2-3H2,1H3;;/q-1;;. The summed E-state index contributed by atoms with van der Waals surface area (Å²) in [6, 6.07) is 0. The van der Waals surface area contributed by atoms with Crippen molar-refractivity contribution in [3.05, 3.63) is 17.9 Å². The molecular formula is C8H11O3WY-. The molecule has 0 aromatic rings. The maximum atomic E-state index is 11.0. The Bertz CT molecular complexity index is 204. The predicted molar refractivity (Wildman–Crippen MR) is 39.3 cm³/mol. The van der Waals surface area contributed by atoms with Gasteiger partial charge in [0.2, 0.25) is 0 Å². The fourth-order valence-electron chi connectivity index (χ4n) is 1.19. The zero-order valence-electron chi connectivity index (χ0n) is 7.36. The third-order valence-corrected chi connectivity index (χ3v) is 1.85. The van der Waals surface area contributed by atoms with Crippen molar-refractivity contribution in [3.8, 4) is 0 Å². The molecule has 0 aliphatic heterocycles. The largest absolute Gasteiger partial charge is 0.562 e. The molecule has 1 unspecified atom stereocenters. The molecular weight excluding hydrogens is 417 g/mol. The van der Waals surface area contributed by atoms with Gasteiger partial charge in [0, 0.05) is 66.3 Å². The molecule has 0 saturated heterocycles. The number of aliphatic hydroxyl groups excluding tert-OH is 2. The van der Waals surface area contributed by atoms with Crippen LogP contribution in [0.25, 0.3) is 0 Å². The monoisotopic (exact) mass is 428 g/mol. The van der Waals surface area contributed by atoms with Crippen molar-refractivity contribution >= 4 is 5.78 Å². The van der Waals surface area contributed by atoms with Crippen LogP contribution in [0.5, 0.6) is 0 Å². The minimum atomic E-state index is -0.397. The Morgan fingerprint density at radius 3 is 2.54 bits per heavy atom. The molecule has 3 nitrogen and oxygen atoms in total. The van der Waals surface area contributed by atoms with E-state index in [1.54, 1.807) is 0 Å². The number of aliphatic hydroxyl groups is 2. The summed E-state index contributed by atoms with van der Waals surface area (Å²) >= 11 is 0. The van der Waals surface area contributed by atoms with Crippen LogP contribution >= 0.6 is 0 Å². The van der Waals surface area contributed by atoms with E-state index >= 15 is 0 Å². The number of hydrogen-bond donors (Lipinski definition) is 2. The number of hydrogen-bond acceptors (Lipinski definition) is 3. The van der Waals surface area contributed by atoms with Gasteiger partial charge in [0.1, 0.15) is 5.78 Å². The number of carbonyl (C=O) groups is 1. The van der Waals surface area contributed by atoms with Crippen molar-refractivity contribution in [1.29, 1.82) is 0 Å². The molecule has 1 aliphatic carbocycles. The third-order valence-electron chi connectivity index (χ3n) is 1.85. The average Bonchev–Trinajstić information content (AvgIpc) is 1.85. The van der Waals surface area contributed by atoms with Crippen LogP contribution < -0.4 is 0 Å². The summed E-state index contributed by atoms with van der Waals surface area (Å²) in [6.45, 7) is 1.51. The molecule has 0 spiro atoms. The van der Waals surface area contributed by atoms with Gasteiger partial charge in [0.05, 0.1) is 5.76 Å². The second-order valence-corrected chi connectivity index (χ2v) is 2.77. The van der Waals surface area contributed by atoms with Crippen LogP contribution in [0.3, 0.4) is 0 Å². The van der Waals surface area contributed by atoms with Gasteiger partial charge in [-0.15, -0.1) is 0 Å². The van der Waals surface area contributed by atoms with Gasteiger partial charge in [-0.3, -0.25) is 4.79 Å². The summed E-state index contributed by atoms with van der Waals surface area (Å²) in [7, 11) is 0. The van der Waals surface area contributed by atoms with Crippen molar-refractivity contribution < 1.29 is 68.8 Å². The summed E-state index contributed by atoms with van der Waals surface area (Å²) < 4.78 is 0. The maximum absolute atomic E-state index is 11.0. The second-order valence-electron chi connectivity index (χ2n) is 2.77. The maximum Gasteiger partial charge on any atom is 0.134 e. The molecule has 1 aliphatic rings. The van der Waals surface area contributed by atoms with Crippen LogP contribution in [0.2, 0.25) is 0 Å². The van der Waals surface area contributed by atoms with Crippen molar-refractivity contribution in [2.75, 3.05) is 0 Å². The normalized spacial score (nSPS) is 21.6. The Hall–Kier alpha value is 0.962. The van der Waals surface area contributed by atoms with Gasteiger partial charge in [0.25, 0.3) is 0 Å². The SMILES string of the molecule is C[C-](O)C1CCC(O)=CC1=O.[W].[Y]. The first-order chi connectivity index (χ1) is 5.11. The smallest absolute Gasteiger partial charge is 0.134 e. The molecule has 0 heterocycles. The zero-order chi connectivity index (χ0) is 8.43. The summed E-state index contributed by atoms with van der Waals surface area (Å²) in [5.41, 5.74) is 0. The molecule has 0 aromatic carbocycles. The summed E-state index contributed by atoms with van der Waals surface area (Å²) in [5, 5.41) is 17.9. The van der Waals surface area contributed by atoms with Crippen LogP contribution in [-0.2, 0) is 58.6 Å². The molecule has 0 fully saturated rings. The molecule has 0 amide bonds. The number of carbonyl (C=O) groups excluding carboxylic acids is 1. The third kappa shape index (κ3) is 4.83. The Kier molecular flexibility index (Phi) is 9.18. The second kappa shape index (κ2) is 7.28. The van der Waals surface area contributed by atoms with E-state index in [0.29, 0.717) is 12.8 Å². The Morgan fingerprint density at radius 2 is 2.15 bits per heavy atom. The molecule has 0 aromatic heterocycles. The van der Waals surface area contributed by atoms with E-state index in [1.165, 1.54) is 13.0 Å². The van der Waals surface area contributed by atoms with Crippen LogP contribution in [0.4, 0.5) is 0 Å². The molecule has 1 rings (SSSR count). The van der Waals surface area contributed by atoms with E-state index in [0.717, 1.165) is 0 Å². The molecule has 0 bridgehead atoms. The van der Waals surface area contributed by atoms with Crippen molar-refractivity contribution in [2.24, 2.45) is 5.92 Å². The molecule has 1 atom stereocenters. The summed E-state index contributed by atoms with van der Waals surface area (Å²) in [4.78, 5) is 11.0. The summed E-state index contributed by atoms with van der Waals surface area (Å²) in [6.07, 6.45) is 2.32. The van der Waals surface area contributed by atoms with Gasteiger partial charge in [-0.2, -0.15) is 13.0 Å². The first-order valence-electron chi connectivity index (χ1n) is 3.57. The van der Waals surface area contributed by atoms with Crippen molar-refractivity contribution in [2.45, 2.75) is 19.8 Å². The van der Waals surface area contributed by atoms with E-state index in [9.17, 15) is 4.79 Å². The van der Waals surface area contributed by atoms with Gasteiger partial charge in [-0.25, -0.2) is 0 Å².